The average molecular weight is 672 g/mol. The molecule has 0 unspecified atom stereocenters. The number of benzene rings is 2. The van der Waals surface area contributed by atoms with E-state index in [1.54, 1.807) is 25.2 Å². The number of halogens is 2. The molecule has 1 amide bonds. The number of aromatic nitrogens is 3. The van der Waals surface area contributed by atoms with Gasteiger partial charge in [0.1, 0.15) is 0 Å². The number of carboxylic acid groups (broad SMARTS) is 1. The molecule has 0 atom stereocenters. The number of rotatable bonds is 11. The average Bonchev–Trinajstić information content (AvgIpc) is 3.53. The normalized spacial score (nSPS) is 10.9. The molecule has 8 nitrogen and oxygen atoms in total. The molecule has 0 aliphatic heterocycles. The van der Waals surface area contributed by atoms with E-state index in [4.69, 9.17) is 33.0 Å². The second-order valence-corrected chi connectivity index (χ2v) is 10.4. The molecule has 3 rings (SSSR count). The van der Waals surface area contributed by atoms with E-state index in [1.165, 1.54) is 10.3 Å². The van der Waals surface area contributed by atoms with Gasteiger partial charge in [-0.3, -0.25) is 9.59 Å². The van der Waals surface area contributed by atoms with E-state index in [-0.39, 0.29) is 24.8 Å². The predicted octanol–water partition coefficient (Wildman–Crippen LogP) is 9.54. The molecule has 0 spiro atoms. The van der Waals surface area contributed by atoms with E-state index in [2.05, 4.69) is 61.0 Å². The highest BCUT2D eigenvalue weighted by Gasteiger charge is 2.18. The first-order chi connectivity index (χ1) is 22.0. The van der Waals surface area contributed by atoms with Crippen molar-refractivity contribution in [2.75, 3.05) is 13.7 Å². The van der Waals surface area contributed by atoms with E-state index >= 15 is 0 Å². The molecule has 10 heteroatoms. The molecule has 0 saturated carbocycles. The Morgan fingerprint density at radius 2 is 1.70 bits per heavy atom. The number of nitrogens with one attached hydrogen (secondary N) is 1. The van der Waals surface area contributed by atoms with Crippen molar-refractivity contribution < 1.29 is 19.4 Å². The third kappa shape index (κ3) is 17.5. The van der Waals surface area contributed by atoms with E-state index in [0.29, 0.717) is 28.2 Å². The molecule has 2 N–H and O–H groups in total. The molecule has 1 heterocycles. The van der Waals surface area contributed by atoms with Gasteiger partial charge in [0, 0.05) is 7.05 Å². The van der Waals surface area contributed by atoms with Crippen LogP contribution in [0.2, 0.25) is 10.0 Å². The molecule has 0 aliphatic carbocycles. The van der Waals surface area contributed by atoms with Gasteiger partial charge in [-0.15, -0.1) is 11.7 Å². The zero-order valence-electron chi connectivity index (χ0n) is 28.0. The minimum absolute atomic E-state index is 0.0623. The largest absolute Gasteiger partial charge is 0.481 e. The molecule has 3 aromatic rings. The number of nitrogens with zero attached hydrogens (tertiary/aromatic N) is 3. The molecule has 1 aromatic heterocycles. The molecule has 0 saturated heterocycles. The van der Waals surface area contributed by atoms with Crippen molar-refractivity contribution in [3.05, 3.63) is 118 Å². The van der Waals surface area contributed by atoms with Crippen molar-refractivity contribution in [2.45, 2.75) is 67.4 Å². The number of carbonyl (C=O) groups excluding carboxylic acids is 1. The van der Waals surface area contributed by atoms with Crippen LogP contribution in [-0.4, -0.2) is 45.4 Å². The minimum atomic E-state index is -0.826. The maximum atomic E-state index is 12.0. The summed E-state index contributed by atoms with van der Waals surface area (Å²) < 4.78 is 6.60. The van der Waals surface area contributed by atoms with Crippen molar-refractivity contribution in [3.8, 4) is 5.69 Å². The van der Waals surface area contributed by atoms with Crippen molar-refractivity contribution in [3.63, 3.8) is 0 Å². The van der Waals surface area contributed by atoms with Crippen molar-refractivity contribution in [1.82, 2.24) is 20.1 Å². The van der Waals surface area contributed by atoms with Crippen molar-refractivity contribution in [1.29, 1.82) is 0 Å². The lowest BCUT2D eigenvalue weighted by molar-refractivity contribution is -0.138. The van der Waals surface area contributed by atoms with E-state index in [0.717, 1.165) is 24.0 Å². The summed E-state index contributed by atoms with van der Waals surface area (Å²) in [6.07, 6.45) is 12.4. The fourth-order valence-corrected chi connectivity index (χ4v) is 3.30. The minimum Gasteiger partial charge on any atom is -0.481 e. The van der Waals surface area contributed by atoms with Crippen LogP contribution in [0.5, 0.6) is 0 Å². The third-order valence-corrected chi connectivity index (χ3v) is 6.74. The van der Waals surface area contributed by atoms with Crippen LogP contribution >= 0.6 is 23.2 Å². The second-order valence-electron chi connectivity index (χ2n) is 9.61. The fraction of sp³-hybridized carbons (Fsp3) is 0.333. The Morgan fingerprint density at radius 3 is 2.20 bits per heavy atom. The van der Waals surface area contributed by atoms with Gasteiger partial charge < -0.3 is 15.2 Å². The lowest BCUT2D eigenvalue weighted by atomic mass is 10.2. The summed E-state index contributed by atoms with van der Waals surface area (Å²) in [6.45, 7) is 16.3. The first kappa shape index (κ1) is 42.0. The number of carbonyl (C=O) groups is 2. The van der Waals surface area contributed by atoms with Gasteiger partial charge in [-0.05, 0) is 76.8 Å². The number of carboxylic acids is 1. The van der Waals surface area contributed by atoms with Gasteiger partial charge in [0.2, 0.25) is 5.82 Å². The Kier molecular flexibility index (Phi) is 23.1. The number of hydrogen-bond donors (Lipinski definition) is 2. The van der Waals surface area contributed by atoms with Gasteiger partial charge in [-0.2, -0.15) is 0 Å². The number of allylic oxidation sites excluding steroid dienone is 7. The summed E-state index contributed by atoms with van der Waals surface area (Å²) in [5.74, 6) is -0.481. The molecule has 2 aromatic carbocycles. The summed E-state index contributed by atoms with van der Waals surface area (Å²) in [5.41, 5.74) is 3.99. The number of amides is 1. The summed E-state index contributed by atoms with van der Waals surface area (Å²) in [5, 5.41) is 16.1. The van der Waals surface area contributed by atoms with E-state index < -0.39 is 5.97 Å². The van der Waals surface area contributed by atoms with Gasteiger partial charge >= 0.3 is 5.97 Å². The zero-order chi connectivity index (χ0) is 34.9. The van der Waals surface area contributed by atoms with Crippen LogP contribution in [0.3, 0.4) is 0 Å². The molecular formula is C36H48Cl2N4O4. The summed E-state index contributed by atoms with van der Waals surface area (Å²) in [7, 11) is 1.54. The lowest BCUT2D eigenvalue weighted by Gasteiger charge is -2.05. The SMILES string of the molecule is C/C=C(\C)c1nc(C(=O)NC)n(-c2ccc(Cl)c(Cl)c2)n1.C/C=C\C/C(C)=C/C.C=CCC.O=C(O)CCOCc1ccccc1. The summed E-state index contributed by atoms with van der Waals surface area (Å²) in [6, 6.07) is 14.7. The van der Waals surface area contributed by atoms with Gasteiger partial charge in [0.15, 0.2) is 5.82 Å². The van der Waals surface area contributed by atoms with Crippen LogP contribution in [-0.2, 0) is 16.1 Å². The molecule has 0 fully saturated rings. The van der Waals surface area contributed by atoms with Crippen LogP contribution in [0.4, 0.5) is 0 Å². The molecular weight excluding hydrogens is 623 g/mol. The van der Waals surface area contributed by atoms with Crippen LogP contribution in [0.15, 0.2) is 91.1 Å². The summed E-state index contributed by atoms with van der Waals surface area (Å²) >= 11 is 11.9. The number of ether oxygens (including phenoxy) is 1. The Balaban J connectivity index is 0.000000688. The predicted molar refractivity (Wildman–Crippen MR) is 192 cm³/mol. The molecule has 0 radical (unpaired) electrons. The maximum Gasteiger partial charge on any atom is 0.305 e. The zero-order valence-corrected chi connectivity index (χ0v) is 29.5. The van der Waals surface area contributed by atoms with E-state index in [9.17, 15) is 9.59 Å². The van der Waals surface area contributed by atoms with Gasteiger partial charge in [-0.25, -0.2) is 9.67 Å². The van der Waals surface area contributed by atoms with Crippen LogP contribution in [0, 0.1) is 0 Å². The maximum absolute atomic E-state index is 12.0. The highest BCUT2D eigenvalue weighted by atomic mass is 35.5. The molecule has 46 heavy (non-hydrogen) atoms. The lowest BCUT2D eigenvalue weighted by Crippen LogP contribution is -2.22. The third-order valence-electron chi connectivity index (χ3n) is 6.00. The Hall–Kier alpha value is -3.98. The topological polar surface area (TPSA) is 106 Å². The van der Waals surface area contributed by atoms with E-state index in [1.807, 2.05) is 63.3 Å². The smallest absolute Gasteiger partial charge is 0.305 e. The van der Waals surface area contributed by atoms with Crippen LogP contribution < -0.4 is 5.32 Å². The second kappa shape index (κ2) is 25.2. The number of hydrogen-bond acceptors (Lipinski definition) is 5. The van der Waals surface area contributed by atoms with Crippen molar-refractivity contribution >= 4 is 40.7 Å². The van der Waals surface area contributed by atoms with Crippen LogP contribution in [0.1, 0.15) is 82.8 Å². The summed E-state index contributed by atoms with van der Waals surface area (Å²) in [4.78, 5) is 26.4. The molecule has 0 bridgehead atoms. The van der Waals surface area contributed by atoms with Gasteiger partial charge in [0.05, 0.1) is 35.4 Å². The van der Waals surface area contributed by atoms with Gasteiger partial charge in [0.25, 0.3) is 5.91 Å². The number of aliphatic carboxylic acids is 1. The molecule has 0 aliphatic rings. The Morgan fingerprint density at radius 1 is 1.04 bits per heavy atom. The first-order valence-corrected chi connectivity index (χ1v) is 15.7. The van der Waals surface area contributed by atoms with Crippen LogP contribution in [0.25, 0.3) is 11.3 Å². The highest BCUT2D eigenvalue weighted by Crippen LogP contribution is 2.25. The highest BCUT2D eigenvalue weighted by molar-refractivity contribution is 6.42. The fourth-order valence-electron chi connectivity index (χ4n) is 3.01. The quantitative estimate of drug-likeness (QED) is 0.155. The van der Waals surface area contributed by atoms with Crippen molar-refractivity contribution in [2.24, 2.45) is 0 Å². The Labute approximate surface area is 284 Å². The molecule has 250 valence electrons. The Bertz CT molecular complexity index is 1430. The standard InChI is InChI=1S/C14H14Cl2N4O.C10H12O3.C8H14.C4H8/c1-4-8(2)12-18-13(14(21)17-3)20(19-12)9-5-6-10(15)11(16)7-9;11-10(12)6-7-13-8-9-4-2-1-3-5-9;1-4-6-7-8(3)5-2;1-3-4-2/h4-7H,1-3H3,(H,17,21);1-5H,6-8H2,(H,11,12);4-6H,7H2,1-3H3;3H,1,4H2,2H3/b8-4+;;6-4-,8-5+;. The van der Waals surface area contributed by atoms with Gasteiger partial charge in [-0.1, -0.05) is 96.4 Å². The monoisotopic (exact) mass is 670 g/mol. The first-order valence-electron chi connectivity index (χ1n) is 14.9.